The minimum atomic E-state index is -0.0899. The topological polar surface area (TPSA) is 26.7 Å². The van der Waals surface area contributed by atoms with Gasteiger partial charge in [-0.25, -0.2) is 0 Å². The zero-order valence-electron chi connectivity index (χ0n) is 10.9. The molecule has 2 atom stereocenters. The van der Waals surface area contributed by atoms with E-state index in [1.54, 1.807) is 0 Å². The zero-order chi connectivity index (χ0) is 11.8. The van der Waals surface area contributed by atoms with Crippen molar-refractivity contribution in [3.05, 3.63) is 0 Å². The molecule has 94 valence electrons. The molecule has 0 radical (unpaired) electrons. The van der Waals surface area contributed by atoms with E-state index < -0.39 is 0 Å². The Morgan fingerprint density at radius 3 is 2.44 bits per heavy atom. The van der Waals surface area contributed by atoms with Gasteiger partial charge in [-0.2, -0.15) is 0 Å². The minimum Gasteiger partial charge on any atom is -0.391 e. The average Bonchev–Trinajstić information content (AvgIpc) is 2.23. The number of nitrogens with zero attached hydrogens (tertiary/aromatic N) is 2. The van der Waals surface area contributed by atoms with Gasteiger partial charge in [0.1, 0.15) is 0 Å². The monoisotopic (exact) mass is 226 g/mol. The molecule has 0 amide bonds. The molecule has 1 saturated heterocycles. The summed E-state index contributed by atoms with van der Waals surface area (Å²) in [7, 11) is 2.20. The summed E-state index contributed by atoms with van der Waals surface area (Å²) in [6.07, 6.45) is 4.58. The van der Waals surface area contributed by atoms with Gasteiger partial charge in [0.25, 0.3) is 0 Å². The smallest absolute Gasteiger partial charge is 0.0695 e. The first-order valence-electron chi connectivity index (χ1n) is 6.64. The highest BCUT2D eigenvalue weighted by molar-refractivity contribution is 4.93. The van der Waals surface area contributed by atoms with Crippen LogP contribution in [0.1, 0.15) is 39.5 Å². The molecule has 0 aromatic carbocycles. The van der Waals surface area contributed by atoms with Crippen molar-refractivity contribution in [1.29, 1.82) is 0 Å². The van der Waals surface area contributed by atoms with Crippen LogP contribution in [0.4, 0.5) is 0 Å². The third-order valence-corrected chi connectivity index (χ3v) is 4.51. The van der Waals surface area contributed by atoms with Crippen LogP contribution in [0.25, 0.3) is 0 Å². The van der Waals surface area contributed by atoms with Crippen LogP contribution in [0.3, 0.4) is 0 Å². The molecule has 0 aromatic rings. The van der Waals surface area contributed by atoms with E-state index in [-0.39, 0.29) is 11.6 Å². The number of hydrogen-bond donors (Lipinski definition) is 1. The maximum Gasteiger partial charge on any atom is 0.0695 e. The van der Waals surface area contributed by atoms with Crippen LogP contribution in [-0.4, -0.2) is 59.3 Å². The molecule has 16 heavy (non-hydrogen) atoms. The molecule has 1 aliphatic heterocycles. The zero-order valence-corrected chi connectivity index (χ0v) is 10.9. The maximum absolute atomic E-state index is 10.1. The number of hydrogen-bond acceptors (Lipinski definition) is 3. The van der Waals surface area contributed by atoms with Crippen molar-refractivity contribution in [2.24, 2.45) is 0 Å². The van der Waals surface area contributed by atoms with Crippen molar-refractivity contribution >= 4 is 0 Å². The van der Waals surface area contributed by atoms with Crippen molar-refractivity contribution in [1.82, 2.24) is 9.80 Å². The lowest BCUT2D eigenvalue weighted by atomic mass is 9.89. The molecule has 0 bridgehead atoms. The van der Waals surface area contributed by atoms with Gasteiger partial charge in [-0.05, 0) is 33.7 Å². The Hall–Kier alpha value is -0.120. The van der Waals surface area contributed by atoms with Crippen molar-refractivity contribution < 1.29 is 5.11 Å². The van der Waals surface area contributed by atoms with Crippen LogP contribution in [0, 0.1) is 0 Å². The molecule has 1 saturated carbocycles. The quantitative estimate of drug-likeness (QED) is 0.730. The van der Waals surface area contributed by atoms with Crippen LogP contribution in [0.15, 0.2) is 0 Å². The molecule has 1 heterocycles. The second-order valence-corrected chi connectivity index (χ2v) is 6.12. The Morgan fingerprint density at radius 2 is 1.81 bits per heavy atom. The van der Waals surface area contributed by atoms with Crippen LogP contribution >= 0.6 is 0 Å². The first kappa shape index (κ1) is 12.3. The normalized spacial score (nSPS) is 37.5. The summed E-state index contributed by atoms with van der Waals surface area (Å²) in [4.78, 5) is 4.95. The van der Waals surface area contributed by atoms with Crippen molar-refractivity contribution in [2.45, 2.75) is 57.2 Å². The number of aliphatic hydroxyl groups excluding tert-OH is 1. The SMILES string of the molecule is CN1CCN(C2CCCCC2O)CC1(C)C. The van der Waals surface area contributed by atoms with Gasteiger partial charge >= 0.3 is 0 Å². The summed E-state index contributed by atoms with van der Waals surface area (Å²) in [5.41, 5.74) is 0.245. The molecule has 1 aliphatic carbocycles. The highest BCUT2D eigenvalue weighted by Gasteiger charge is 2.37. The Morgan fingerprint density at radius 1 is 1.12 bits per heavy atom. The lowest BCUT2D eigenvalue weighted by molar-refractivity contribution is -0.0380. The van der Waals surface area contributed by atoms with Crippen LogP contribution in [0.2, 0.25) is 0 Å². The van der Waals surface area contributed by atoms with Gasteiger partial charge in [0, 0.05) is 31.2 Å². The van der Waals surface area contributed by atoms with Gasteiger partial charge in [0.2, 0.25) is 0 Å². The molecule has 0 aromatic heterocycles. The van der Waals surface area contributed by atoms with E-state index in [0.29, 0.717) is 6.04 Å². The Balaban J connectivity index is 1.99. The predicted octanol–water partition coefficient (Wildman–Crippen LogP) is 1.32. The van der Waals surface area contributed by atoms with Crippen molar-refractivity contribution in [3.8, 4) is 0 Å². The van der Waals surface area contributed by atoms with Crippen LogP contribution < -0.4 is 0 Å². The first-order valence-corrected chi connectivity index (χ1v) is 6.64. The number of rotatable bonds is 1. The molecule has 2 unspecified atom stereocenters. The van der Waals surface area contributed by atoms with E-state index >= 15 is 0 Å². The lowest BCUT2D eigenvalue weighted by Crippen LogP contribution is -2.61. The van der Waals surface area contributed by atoms with Gasteiger partial charge < -0.3 is 5.11 Å². The van der Waals surface area contributed by atoms with E-state index in [2.05, 4.69) is 30.7 Å². The third kappa shape index (κ3) is 2.41. The van der Waals surface area contributed by atoms with Gasteiger partial charge in [0.05, 0.1) is 6.10 Å². The molecule has 3 nitrogen and oxygen atoms in total. The molecule has 0 spiro atoms. The first-order chi connectivity index (χ1) is 7.50. The Bertz CT molecular complexity index is 242. The van der Waals surface area contributed by atoms with E-state index in [0.717, 1.165) is 26.1 Å². The Kier molecular flexibility index (Phi) is 3.57. The highest BCUT2D eigenvalue weighted by Crippen LogP contribution is 2.27. The minimum absolute atomic E-state index is 0.0899. The summed E-state index contributed by atoms with van der Waals surface area (Å²) in [5, 5.41) is 10.1. The van der Waals surface area contributed by atoms with Crippen molar-refractivity contribution in [2.75, 3.05) is 26.7 Å². The van der Waals surface area contributed by atoms with Gasteiger partial charge in [0.15, 0.2) is 0 Å². The third-order valence-electron chi connectivity index (χ3n) is 4.51. The fraction of sp³-hybridized carbons (Fsp3) is 1.00. The molecule has 2 fully saturated rings. The fourth-order valence-corrected chi connectivity index (χ4v) is 3.08. The number of likely N-dealkylation sites (N-methyl/N-ethyl adjacent to an activating group) is 1. The largest absolute Gasteiger partial charge is 0.391 e. The molecule has 3 heteroatoms. The second kappa shape index (κ2) is 4.63. The molecule has 2 aliphatic rings. The highest BCUT2D eigenvalue weighted by atomic mass is 16.3. The molecule has 2 rings (SSSR count). The summed E-state index contributed by atoms with van der Waals surface area (Å²) >= 11 is 0. The fourth-order valence-electron chi connectivity index (χ4n) is 3.08. The molecule has 1 N–H and O–H groups in total. The number of piperazine rings is 1. The Labute approximate surface area is 99.4 Å². The second-order valence-electron chi connectivity index (χ2n) is 6.12. The summed E-state index contributed by atoms with van der Waals surface area (Å²) in [5.74, 6) is 0. The lowest BCUT2D eigenvalue weighted by Gasteiger charge is -2.49. The maximum atomic E-state index is 10.1. The van der Waals surface area contributed by atoms with Gasteiger partial charge in [-0.3, -0.25) is 9.80 Å². The summed E-state index contributed by atoms with van der Waals surface area (Å²) in [6.45, 7) is 7.92. The molecular formula is C13H26N2O. The summed E-state index contributed by atoms with van der Waals surface area (Å²) < 4.78 is 0. The van der Waals surface area contributed by atoms with Gasteiger partial charge in [-0.15, -0.1) is 0 Å². The van der Waals surface area contributed by atoms with Crippen LogP contribution in [-0.2, 0) is 0 Å². The van der Waals surface area contributed by atoms with E-state index in [9.17, 15) is 5.11 Å². The average molecular weight is 226 g/mol. The van der Waals surface area contributed by atoms with Gasteiger partial charge in [-0.1, -0.05) is 12.8 Å². The van der Waals surface area contributed by atoms with Crippen LogP contribution in [0.5, 0.6) is 0 Å². The van der Waals surface area contributed by atoms with E-state index in [1.165, 1.54) is 19.3 Å². The van der Waals surface area contributed by atoms with Crippen molar-refractivity contribution in [3.63, 3.8) is 0 Å². The summed E-state index contributed by atoms with van der Waals surface area (Å²) in [6, 6.07) is 0.418. The predicted molar refractivity (Wildman–Crippen MR) is 66.5 cm³/mol. The number of aliphatic hydroxyl groups is 1. The van der Waals surface area contributed by atoms with E-state index in [1.807, 2.05) is 0 Å². The molecular weight excluding hydrogens is 200 g/mol. The standard InChI is InChI=1S/C13H26N2O/c1-13(2)10-15(9-8-14(13)3)11-6-4-5-7-12(11)16/h11-12,16H,4-10H2,1-3H3. The van der Waals surface area contributed by atoms with E-state index in [4.69, 9.17) is 0 Å².